The number of nitrogens with one attached hydrogen (secondary N) is 2. The van der Waals surface area contributed by atoms with Gasteiger partial charge in [-0.2, -0.15) is 0 Å². The minimum absolute atomic E-state index is 0.274. The van der Waals surface area contributed by atoms with Gasteiger partial charge in [-0.15, -0.1) is 0 Å². The van der Waals surface area contributed by atoms with Crippen LogP contribution in [-0.4, -0.2) is 33.5 Å². The van der Waals surface area contributed by atoms with Gasteiger partial charge in [-0.3, -0.25) is 0 Å². The third-order valence-corrected chi connectivity index (χ3v) is 4.14. The highest BCUT2D eigenvalue weighted by molar-refractivity contribution is 5.79. The summed E-state index contributed by atoms with van der Waals surface area (Å²) in [5.41, 5.74) is 2.07. The Kier molecular flexibility index (Phi) is 6.25. The van der Waals surface area contributed by atoms with Gasteiger partial charge in [0.15, 0.2) is 17.5 Å². The number of methoxy groups -OCH3 is 2. The van der Waals surface area contributed by atoms with Crippen molar-refractivity contribution in [3.8, 4) is 23.0 Å². The van der Waals surface area contributed by atoms with Crippen molar-refractivity contribution in [2.24, 2.45) is 4.99 Å². The fraction of sp³-hybridized carbons (Fsp3) is 0.350. The molecular weight excluding hydrogens is 346 g/mol. The lowest BCUT2D eigenvalue weighted by molar-refractivity contribution is 0.174. The van der Waals surface area contributed by atoms with Crippen molar-refractivity contribution >= 4 is 5.96 Å². The van der Waals surface area contributed by atoms with Gasteiger partial charge < -0.3 is 29.6 Å². The van der Waals surface area contributed by atoms with Crippen LogP contribution < -0.4 is 29.6 Å². The van der Waals surface area contributed by atoms with E-state index in [1.54, 1.807) is 14.2 Å². The molecule has 0 amide bonds. The molecule has 7 heteroatoms. The van der Waals surface area contributed by atoms with Crippen LogP contribution in [0.25, 0.3) is 0 Å². The Bertz CT molecular complexity index is 808. The third kappa shape index (κ3) is 4.75. The van der Waals surface area contributed by atoms with Gasteiger partial charge >= 0.3 is 0 Å². The van der Waals surface area contributed by atoms with Crippen LogP contribution in [0.5, 0.6) is 23.0 Å². The zero-order chi connectivity index (χ0) is 19.1. The molecule has 0 atom stereocenters. The number of guanidine groups is 1. The van der Waals surface area contributed by atoms with Crippen LogP contribution in [0, 0.1) is 0 Å². The lowest BCUT2D eigenvalue weighted by Crippen LogP contribution is -2.36. The highest BCUT2D eigenvalue weighted by Gasteiger charge is 2.13. The van der Waals surface area contributed by atoms with Gasteiger partial charge in [0, 0.05) is 24.7 Å². The molecule has 0 spiro atoms. The second kappa shape index (κ2) is 9.02. The van der Waals surface area contributed by atoms with E-state index >= 15 is 0 Å². The van der Waals surface area contributed by atoms with E-state index in [0.29, 0.717) is 13.1 Å². The maximum absolute atomic E-state index is 5.45. The van der Waals surface area contributed by atoms with Crippen molar-refractivity contribution in [2.45, 2.75) is 20.0 Å². The first kappa shape index (κ1) is 18.7. The number of nitrogens with zero attached hydrogens (tertiary/aromatic N) is 1. The fourth-order valence-corrected chi connectivity index (χ4v) is 2.73. The SMILES string of the molecule is CCNC(=NCc1ccc2c(c1)OCO2)NCc1ccc(OC)cc1OC. The summed E-state index contributed by atoms with van der Waals surface area (Å²) in [4.78, 5) is 4.65. The Hall–Kier alpha value is -3.09. The second-order valence-electron chi connectivity index (χ2n) is 5.91. The number of benzene rings is 2. The zero-order valence-electron chi connectivity index (χ0n) is 15.9. The maximum Gasteiger partial charge on any atom is 0.231 e. The molecule has 0 radical (unpaired) electrons. The van der Waals surface area contributed by atoms with E-state index in [9.17, 15) is 0 Å². The molecule has 2 aromatic rings. The number of ether oxygens (including phenoxy) is 4. The summed E-state index contributed by atoms with van der Waals surface area (Å²) in [5, 5.41) is 6.59. The van der Waals surface area contributed by atoms with Crippen molar-refractivity contribution in [1.82, 2.24) is 10.6 Å². The van der Waals surface area contributed by atoms with Crippen LogP contribution in [0.3, 0.4) is 0 Å². The van der Waals surface area contributed by atoms with Crippen molar-refractivity contribution in [1.29, 1.82) is 0 Å². The van der Waals surface area contributed by atoms with Crippen LogP contribution >= 0.6 is 0 Å². The summed E-state index contributed by atoms with van der Waals surface area (Å²) >= 11 is 0. The molecule has 7 nitrogen and oxygen atoms in total. The van der Waals surface area contributed by atoms with E-state index in [0.717, 1.165) is 46.6 Å². The van der Waals surface area contributed by atoms with E-state index in [1.807, 2.05) is 43.3 Å². The van der Waals surface area contributed by atoms with Gasteiger partial charge in [-0.25, -0.2) is 4.99 Å². The summed E-state index contributed by atoms with van der Waals surface area (Å²) in [5.74, 6) is 3.81. The van der Waals surface area contributed by atoms with E-state index in [4.69, 9.17) is 18.9 Å². The molecule has 0 aromatic heterocycles. The number of hydrogen-bond donors (Lipinski definition) is 2. The molecule has 144 valence electrons. The first-order chi connectivity index (χ1) is 13.2. The lowest BCUT2D eigenvalue weighted by atomic mass is 10.2. The van der Waals surface area contributed by atoms with Crippen molar-refractivity contribution in [3.63, 3.8) is 0 Å². The minimum Gasteiger partial charge on any atom is -0.497 e. The summed E-state index contributed by atoms with van der Waals surface area (Å²) in [6.45, 7) is 4.19. The van der Waals surface area contributed by atoms with Gasteiger partial charge in [0.05, 0.1) is 20.8 Å². The summed E-state index contributed by atoms with van der Waals surface area (Å²) < 4.78 is 21.4. The Morgan fingerprint density at radius 1 is 1.04 bits per heavy atom. The molecule has 0 saturated carbocycles. The van der Waals surface area contributed by atoms with E-state index in [2.05, 4.69) is 15.6 Å². The Morgan fingerprint density at radius 3 is 2.67 bits per heavy atom. The number of hydrogen-bond acceptors (Lipinski definition) is 5. The molecule has 3 rings (SSSR count). The second-order valence-corrected chi connectivity index (χ2v) is 5.91. The molecule has 2 N–H and O–H groups in total. The van der Waals surface area contributed by atoms with Crippen molar-refractivity contribution in [3.05, 3.63) is 47.5 Å². The standard InChI is InChI=1S/C20H25N3O4/c1-4-21-20(22-11-14-5-8-17-19(9-14)27-13-26-17)23-12-15-6-7-16(24-2)10-18(15)25-3/h5-10H,4,11-13H2,1-3H3,(H2,21,22,23). The number of rotatable bonds is 7. The van der Waals surface area contributed by atoms with Crippen molar-refractivity contribution < 1.29 is 18.9 Å². The molecule has 27 heavy (non-hydrogen) atoms. The zero-order valence-corrected chi connectivity index (χ0v) is 15.9. The summed E-state index contributed by atoms with van der Waals surface area (Å²) in [6.07, 6.45) is 0. The predicted octanol–water partition coefficient (Wildman–Crippen LogP) is 2.69. The van der Waals surface area contributed by atoms with Crippen LogP contribution in [0.15, 0.2) is 41.4 Å². The monoisotopic (exact) mass is 371 g/mol. The quantitative estimate of drug-likeness (QED) is 0.576. The van der Waals surface area contributed by atoms with Gasteiger partial charge in [0.25, 0.3) is 0 Å². The highest BCUT2D eigenvalue weighted by atomic mass is 16.7. The third-order valence-electron chi connectivity index (χ3n) is 4.14. The van der Waals surface area contributed by atoms with Gasteiger partial charge in [0.1, 0.15) is 11.5 Å². The van der Waals surface area contributed by atoms with Crippen LogP contribution in [-0.2, 0) is 13.1 Å². The smallest absolute Gasteiger partial charge is 0.231 e. The number of fused-ring (bicyclic) bond motifs is 1. The van der Waals surface area contributed by atoms with E-state index in [-0.39, 0.29) is 6.79 Å². The highest BCUT2D eigenvalue weighted by Crippen LogP contribution is 2.32. The van der Waals surface area contributed by atoms with Gasteiger partial charge in [-0.1, -0.05) is 6.07 Å². The molecule has 0 saturated heterocycles. The number of aliphatic imine (C=N–C) groups is 1. The molecule has 1 aliphatic rings. The molecule has 1 aliphatic heterocycles. The average molecular weight is 371 g/mol. The molecule has 1 heterocycles. The molecule has 0 unspecified atom stereocenters. The summed E-state index contributed by atoms with van der Waals surface area (Å²) in [6, 6.07) is 11.6. The van der Waals surface area contributed by atoms with E-state index in [1.165, 1.54) is 0 Å². The molecule has 0 aliphatic carbocycles. The largest absolute Gasteiger partial charge is 0.497 e. The van der Waals surface area contributed by atoms with Gasteiger partial charge in [-0.05, 0) is 36.8 Å². The average Bonchev–Trinajstić information content (AvgIpc) is 3.17. The van der Waals surface area contributed by atoms with Crippen LogP contribution in [0.2, 0.25) is 0 Å². The normalized spacial score (nSPS) is 12.6. The first-order valence-corrected chi connectivity index (χ1v) is 8.85. The summed E-state index contributed by atoms with van der Waals surface area (Å²) in [7, 11) is 3.29. The van der Waals surface area contributed by atoms with Crippen LogP contribution in [0.1, 0.15) is 18.1 Å². The lowest BCUT2D eigenvalue weighted by Gasteiger charge is -2.14. The topological polar surface area (TPSA) is 73.3 Å². The Morgan fingerprint density at radius 2 is 1.89 bits per heavy atom. The fourth-order valence-electron chi connectivity index (χ4n) is 2.73. The molecular formula is C20H25N3O4. The van der Waals surface area contributed by atoms with Crippen LogP contribution in [0.4, 0.5) is 0 Å². The maximum atomic E-state index is 5.45. The van der Waals surface area contributed by atoms with E-state index < -0.39 is 0 Å². The Balaban J connectivity index is 1.66. The van der Waals surface area contributed by atoms with Crippen molar-refractivity contribution in [2.75, 3.05) is 27.6 Å². The minimum atomic E-state index is 0.274. The Labute approximate surface area is 159 Å². The first-order valence-electron chi connectivity index (χ1n) is 8.85. The predicted molar refractivity (Wildman–Crippen MR) is 104 cm³/mol. The molecule has 2 aromatic carbocycles. The van der Waals surface area contributed by atoms with Gasteiger partial charge in [0.2, 0.25) is 6.79 Å². The molecule has 0 bridgehead atoms. The molecule has 0 fully saturated rings.